The predicted molar refractivity (Wildman–Crippen MR) is 78.3 cm³/mol. The van der Waals surface area contributed by atoms with Crippen molar-refractivity contribution < 1.29 is 0 Å². The van der Waals surface area contributed by atoms with E-state index < -0.39 is 0 Å². The molecule has 0 saturated heterocycles. The van der Waals surface area contributed by atoms with Crippen molar-refractivity contribution in [1.29, 1.82) is 0 Å². The van der Waals surface area contributed by atoms with Crippen molar-refractivity contribution in [2.75, 3.05) is 23.8 Å². The molecule has 0 radical (unpaired) electrons. The van der Waals surface area contributed by atoms with Gasteiger partial charge in [0.05, 0.1) is 0 Å². The van der Waals surface area contributed by atoms with Crippen LogP contribution >= 0.6 is 0 Å². The smallest absolute Gasteiger partial charge is 0.137 e. The zero-order valence-electron chi connectivity index (χ0n) is 12.3. The van der Waals surface area contributed by atoms with Crippen LogP contribution in [-0.4, -0.2) is 29.6 Å². The van der Waals surface area contributed by atoms with Crippen LogP contribution in [0.3, 0.4) is 0 Å². The van der Waals surface area contributed by atoms with Crippen molar-refractivity contribution >= 4 is 11.6 Å². The lowest BCUT2D eigenvalue weighted by Gasteiger charge is -2.28. The fourth-order valence-corrected chi connectivity index (χ4v) is 2.17. The summed E-state index contributed by atoms with van der Waals surface area (Å²) < 4.78 is 0. The first kappa shape index (κ1) is 14.7. The summed E-state index contributed by atoms with van der Waals surface area (Å²) in [5.74, 6) is 2.03. The molecule has 0 spiro atoms. The second-order valence-corrected chi connectivity index (χ2v) is 4.66. The highest BCUT2D eigenvalue weighted by atomic mass is 15.2. The molecule has 0 aliphatic carbocycles. The maximum absolute atomic E-state index is 4.47. The molecule has 18 heavy (non-hydrogen) atoms. The minimum atomic E-state index is 0.504. The molecule has 1 rings (SSSR count). The van der Waals surface area contributed by atoms with E-state index in [0.717, 1.165) is 24.6 Å². The number of hydrogen-bond acceptors (Lipinski definition) is 4. The van der Waals surface area contributed by atoms with E-state index in [-0.39, 0.29) is 0 Å². The molecule has 1 aromatic rings. The Balaban J connectivity index is 3.03. The molecular formula is C14H26N4. The lowest BCUT2D eigenvalue weighted by molar-refractivity contribution is 0.608. The van der Waals surface area contributed by atoms with Gasteiger partial charge < -0.3 is 10.2 Å². The standard InChI is InChI=1S/C14H26N4/c1-6-9-11(4)18(5)14-12(7-2)13(15-8-3)16-10-17-14/h10-11H,6-9H2,1-5H3,(H,15,16,17). The number of aromatic nitrogens is 2. The summed E-state index contributed by atoms with van der Waals surface area (Å²) in [5.41, 5.74) is 1.21. The van der Waals surface area contributed by atoms with Crippen LogP contribution in [0.4, 0.5) is 11.6 Å². The maximum atomic E-state index is 4.47. The van der Waals surface area contributed by atoms with Gasteiger partial charge in [-0.25, -0.2) is 9.97 Å². The summed E-state index contributed by atoms with van der Waals surface area (Å²) in [5, 5.41) is 3.32. The summed E-state index contributed by atoms with van der Waals surface area (Å²) in [6, 6.07) is 0.504. The molecule has 0 bridgehead atoms. The third-order valence-corrected chi connectivity index (χ3v) is 3.32. The molecule has 0 fully saturated rings. The number of anilines is 2. The van der Waals surface area contributed by atoms with E-state index >= 15 is 0 Å². The van der Waals surface area contributed by atoms with Crippen LogP contribution in [-0.2, 0) is 6.42 Å². The van der Waals surface area contributed by atoms with Crippen LogP contribution < -0.4 is 10.2 Å². The topological polar surface area (TPSA) is 41.1 Å². The van der Waals surface area contributed by atoms with E-state index in [1.54, 1.807) is 6.33 Å². The lowest BCUT2D eigenvalue weighted by atomic mass is 10.1. The molecule has 0 aliphatic rings. The van der Waals surface area contributed by atoms with Crippen molar-refractivity contribution in [3.63, 3.8) is 0 Å². The minimum Gasteiger partial charge on any atom is -0.370 e. The van der Waals surface area contributed by atoms with E-state index in [4.69, 9.17) is 0 Å². The van der Waals surface area contributed by atoms with Gasteiger partial charge in [0.25, 0.3) is 0 Å². The van der Waals surface area contributed by atoms with Crippen molar-refractivity contribution in [2.45, 2.75) is 53.0 Å². The predicted octanol–water partition coefficient (Wildman–Crippen LogP) is 3.10. The third kappa shape index (κ3) is 3.34. The van der Waals surface area contributed by atoms with Gasteiger partial charge in [0.2, 0.25) is 0 Å². The molecule has 102 valence electrons. The Bertz CT molecular complexity index is 365. The highest BCUT2D eigenvalue weighted by molar-refractivity contribution is 5.58. The van der Waals surface area contributed by atoms with E-state index in [2.05, 4.69) is 54.9 Å². The molecule has 4 heteroatoms. The summed E-state index contributed by atoms with van der Waals surface area (Å²) in [6.45, 7) is 9.59. The van der Waals surface area contributed by atoms with E-state index in [9.17, 15) is 0 Å². The molecule has 1 unspecified atom stereocenters. The Morgan fingerprint density at radius 1 is 1.28 bits per heavy atom. The third-order valence-electron chi connectivity index (χ3n) is 3.32. The highest BCUT2D eigenvalue weighted by Gasteiger charge is 2.16. The largest absolute Gasteiger partial charge is 0.370 e. The fourth-order valence-electron chi connectivity index (χ4n) is 2.17. The van der Waals surface area contributed by atoms with Gasteiger partial charge in [-0.15, -0.1) is 0 Å². The summed E-state index contributed by atoms with van der Waals surface area (Å²) >= 11 is 0. The lowest BCUT2D eigenvalue weighted by Crippen LogP contribution is -2.30. The Morgan fingerprint density at radius 3 is 2.56 bits per heavy atom. The number of rotatable bonds is 7. The monoisotopic (exact) mass is 250 g/mol. The van der Waals surface area contributed by atoms with Gasteiger partial charge in [0, 0.05) is 25.2 Å². The number of nitrogens with zero attached hydrogens (tertiary/aromatic N) is 3. The Labute approximate surface area is 111 Å². The average Bonchev–Trinajstić information content (AvgIpc) is 2.38. The number of nitrogens with one attached hydrogen (secondary N) is 1. The van der Waals surface area contributed by atoms with Crippen LogP contribution in [0, 0.1) is 0 Å². The van der Waals surface area contributed by atoms with Crippen molar-refractivity contribution in [3.8, 4) is 0 Å². The van der Waals surface area contributed by atoms with Gasteiger partial charge in [-0.2, -0.15) is 0 Å². The van der Waals surface area contributed by atoms with E-state index in [1.807, 2.05) is 0 Å². The summed E-state index contributed by atoms with van der Waals surface area (Å²) in [4.78, 5) is 11.1. The summed E-state index contributed by atoms with van der Waals surface area (Å²) in [6.07, 6.45) is 4.97. The molecule has 1 aromatic heterocycles. The Kier molecular flexibility index (Phi) is 5.89. The first-order chi connectivity index (χ1) is 8.65. The fraction of sp³-hybridized carbons (Fsp3) is 0.714. The van der Waals surface area contributed by atoms with Gasteiger partial charge in [0.1, 0.15) is 18.0 Å². The molecule has 1 N–H and O–H groups in total. The Morgan fingerprint density at radius 2 is 2.00 bits per heavy atom. The number of hydrogen-bond donors (Lipinski definition) is 1. The van der Waals surface area contributed by atoms with Crippen LogP contribution in [0.2, 0.25) is 0 Å². The maximum Gasteiger partial charge on any atom is 0.137 e. The van der Waals surface area contributed by atoms with Crippen LogP contribution in [0.1, 0.15) is 46.1 Å². The molecule has 1 atom stereocenters. The van der Waals surface area contributed by atoms with E-state index in [0.29, 0.717) is 6.04 Å². The van der Waals surface area contributed by atoms with Crippen molar-refractivity contribution in [3.05, 3.63) is 11.9 Å². The highest BCUT2D eigenvalue weighted by Crippen LogP contribution is 2.25. The van der Waals surface area contributed by atoms with Gasteiger partial charge >= 0.3 is 0 Å². The quantitative estimate of drug-likeness (QED) is 0.807. The van der Waals surface area contributed by atoms with Gasteiger partial charge in [0.15, 0.2) is 0 Å². The second kappa shape index (κ2) is 7.19. The van der Waals surface area contributed by atoms with Crippen molar-refractivity contribution in [1.82, 2.24) is 9.97 Å². The van der Waals surface area contributed by atoms with Crippen LogP contribution in [0.25, 0.3) is 0 Å². The van der Waals surface area contributed by atoms with Gasteiger partial charge in [-0.3, -0.25) is 0 Å². The molecular weight excluding hydrogens is 224 g/mol. The molecule has 1 heterocycles. The average molecular weight is 250 g/mol. The molecule has 0 amide bonds. The van der Waals surface area contributed by atoms with Crippen LogP contribution in [0.15, 0.2) is 6.33 Å². The molecule has 0 aromatic carbocycles. The van der Waals surface area contributed by atoms with E-state index in [1.165, 1.54) is 18.4 Å². The first-order valence-electron chi connectivity index (χ1n) is 6.96. The van der Waals surface area contributed by atoms with Gasteiger partial charge in [-0.05, 0) is 26.7 Å². The zero-order valence-corrected chi connectivity index (χ0v) is 12.3. The molecule has 0 aliphatic heterocycles. The SMILES string of the molecule is CCCC(C)N(C)c1ncnc(NCC)c1CC. The van der Waals surface area contributed by atoms with Gasteiger partial charge in [-0.1, -0.05) is 20.3 Å². The first-order valence-corrected chi connectivity index (χ1v) is 6.96. The van der Waals surface area contributed by atoms with Crippen LogP contribution in [0.5, 0.6) is 0 Å². The zero-order chi connectivity index (χ0) is 13.5. The normalized spacial score (nSPS) is 12.3. The molecule has 0 saturated carbocycles. The molecule has 4 nitrogen and oxygen atoms in total. The van der Waals surface area contributed by atoms with Crippen molar-refractivity contribution in [2.24, 2.45) is 0 Å². The Hall–Kier alpha value is -1.32. The second-order valence-electron chi connectivity index (χ2n) is 4.66. The summed E-state index contributed by atoms with van der Waals surface area (Å²) in [7, 11) is 2.12. The minimum absolute atomic E-state index is 0.504.